The van der Waals surface area contributed by atoms with Gasteiger partial charge < -0.3 is 10.6 Å². The fraction of sp³-hybridized carbons (Fsp3) is 0.750. The molecule has 0 spiro atoms. The number of anilines is 2. The molecule has 5 nitrogen and oxygen atoms in total. The van der Waals surface area contributed by atoms with Gasteiger partial charge in [0.05, 0.1) is 0 Å². The van der Waals surface area contributed by atoms with Gasteiger partial charge in [0.25, 0.3) is 0 Å². The Morgan fingerprint density at radius 2 is 1.88 bits per heavy atom. The minimum atomic E-state index is 0.353. The molecule has 2 aliphatic carbocycles. The highest BCUT2D eigenvalue weighted by atomic mass is 15.3. The molecule has 17 heavy (non-hydrogen) atoms. The highest BCUT2D eigenvalue weighted by molar-refractivity contribution is 5.36. The predicted octanol–water partition coefficient (Wildman–Crippen LogP) is 1.57. The number of aromatic nitrogens is 3. The Bertz CT molecular complexity index is 425. The Hall–Kier alpha value is -1.39. The van der Waals surface area contributed by atoms with Crippen molar-refractivity contribution in [3.8, 4) is 0 Å². The van der Waals surface area contributed by atoms with E-state index >= 15 is 0 Å². The summed E-state index contributed by atoms with van der Waals surface area (Å²) in [6.45, 7) is 2.23. The topological polar surface area (TPSA) is 67.9 Å². The molecule has 0 aromatic carbocycles. The lowest BCUT2D eigenvalue weighted by Gasteiger charge is -2.25. The molecule has 0 saturated heterocycles. The second-order valence-corrected chi connectivity index (χ2v) is 5.32. The molecule has 1 heterocycles. The van der Waals surface area contributed by atoms with Crippen LogP contribution in [0.25, 0.3) is 0 Å². The van der Waals surface area contributed by atoms with Gasteiger partial charge in [-0.05, 0) is 38.5 Å². The summed E-state index contributed by atoms with van der Waals surface area (Å²) in [5.41, 5.74) is 5.77. The van der Waals surface area contributed by atoms with E-state index in [2.05, 4.69) is 33.8 Å². The fourth-order valence-corrected chi connectivity index (χ4v) is 2.16. The van der Waals surface area contributed by atoms with Gasteiger partial charge in [-0.2, -0.15) is 15.0 Å². The van der Waals surface area contributed by atoms with Crippen molar-refractivity contribution in [3.63, 3.8) is 0 Å². The maximum Gasteiger partial charge on any atom is 0.230 e. The van der Waals surface area contributed by atoms with Crippen LogP contribution in [0.2, 0.25) is 0 Å². The quantitative estimate of drug-likeness (QED) is 0.855. The molecule has 0 amide bonds. The van der Waals surface area contributed by atoms with E-state index in [0.717, 1.165) is 17.7 Å². The third kappa shape index (κ3) is 2.18. The number of nitrogens with two attached hydrogens (primary N) is 1. The van der Waals surface area contributed by atoms with Crippen LogP contribution in [-0.2, 0) is 0 Å². The molecule has 2 N–H and O–H groups in total. The van der Waals surface area contributed by atoms with Gasteiger partial charge in [0, 0.05) is 19.0 Å². The Morgan fingerprint density at radius 3 is 2.47 bits per heavy atom. The van der Waals surface area contributed by atoms with Crippen LogP contribution < -0.4 is 10.6 Å². The molecule has 0 aliphatic heterocycles. The number of nitrogens with zero attached hydrogens (tertiary/aromatic N) is 4. The number of rotatable bonds is 4. The SMILES string of the molecule is CC(C1CC1)N(C)c1nc(N)nc(C2CC2)n1. The standard InChI is InChI=1S/C12H19N5/c1-7(8-3-4-8)17(2)12-15-10(9-5-6-9)14-11(13)16-12/h7-9H,3-6H2,1-2H3,(H2,13,14,15,16). The van der Waals surface area contributed by atoms with Gasteiger partial charge in [-0.25, -0.2) is 0 Å². The molecule has 2 saturated carbocycles. The second-order valence-electron chi connectivity index (χ2n) is 5.32. The molecule has 2 aliphatic rings. The molecule has 1 atom stereocenters. The summed E-state index contributed by atoms with van der Waals surface area (Å²) in [5, 5.41) is 0. The molecule has 0 radical (unpaired) electrons. The molecule has 1 aromatic rings. The van der Waals surface area contributed by atoms with Crippen molar-refractivity contribution in [2.45, 2.75) is 44.6 Å². The minimum Gasteiger partial charge on any atom is -0.368 e. The van der Waals surface area contributed by atoms with Crippen molar-refractivity contribution in [2.75, 3.05) is 17.7 Å². The number of hydrogen-bond donors (Lipinski definition) is 1. The zero-order valence-corrected chi connectivity index (χ0v) is 10.4. The molecule has 92 valence electrons. The van der Waals surface area contributed by atoms with Gasteiger partial charge in [0.2, 0.25) is 11.9 Å². The third-order valence-corrected chi connectivity index (χ3v) is 3.83. The first kappa shape index (κ1) is 10.7. The lowest BCUT2D eigenvalue weighted by molar-refractivity contribution is 0.595. The molecule has 1 aromatic heterocycles. The molecule has 5 heteroatoms. The molecule has 1 unspecified atom stereocenters. The summed E-state index contributed by atoms with van der Waals surface area (Å²) >= 11 is 0. The average Bonchev–Trinajstić information content (AvgIpc) is 3.19. The van der Waals surface area contributed by atoms with Crippen LogP contribution in [0.1, 0.15) is 44.3 Å². The summed E-state index contributed by atoms with van der Waals surface area (Å²) in [7, 11) is 2.05. The first-order chi connectivity index (χ1) is 8.15. The predicted molar refractivity (Wildman–Crippen MR) is 66.8 cm³/mol. The Balaban J connectivity index is 1.84. The van der Waals surface area contributed by atoms with Crippen molar-refractivity contribution in [2.24, 2.45) is 5.92 Å². The summed E-state index contributed by atoms with van der Waals surface area (Å²) in [4.78, 5) is 15.2. The molecule has 0 bridgehead atoms. The lowest BCUT2D eigenvalue weighted by Crippen LogP contribution is -2.32. The van der Waals surface area contributed by atoms with Crippen molar-refractivity contribution < 1.29 is 0 Å². The Morgan fingerprint density at radius 1 is 1.18 bits per heavy atom. The molecular weight excluding hydrogens is 214 g/mol. The zero-order chi connectivity index (χ0) is 12.0. The van der Waals surface area contributed by atoms with E-state index in [4.69, 9.17) is 5.73 Å². The first-order valence-corrected chi connectivity index (χ1v) is 6.39. The summed E-state index contributed by atoms with van der Waals surface area (Å²) < 4.78 is 0. The van der Waals surface area contributed by atoms with Gasteiger partial charge in [-0.15, -0.1) is 0 Å². The summed E-state index contributed by atoms with van der Waals surface area (Å²) in [6, 6.07) is 0.490. The van der Waals surface area contributed by atoms with Crippen LogP contribution in [0, 0.1) is 5.92 Å². The molecule has 2 fully saturated rings. The zero-order valence-electron chi connectivity index (χ0n) is 10.4. The Kier molecular flexibility index (Phi) is 2.42. The Labute approximate surface area is 101 Å². The minimum absolute atomic E-state index is 0.353. The second kappa shape index (κ2) is 3.82. The van der Waals surface area contributed by atoms with E-state index in [1.165, 1.54) is 25.7 Å². The van der Waals surface area contributed by atoms with E-state index < -0.39 is 0 Å². The van der Waals surface area contributed by atoms with Crippen LogP contribution in [0.15, 0.2) is 0 Å². The lowest BCUT2D eigenvalue weighted by atomic mass is 10.2. The van der Waals surface area contributed by atoms with Gasteiger partial charge in [0.1, 0.15) is 5.82 Å². The highest BCUT2D eigenvalue weighted by Crippen LogP contribution is 2.39. The van der Waals surface area contributed by atoms with Crippen LogP contribution in [0.5, 0.6) is 0 Å². The van der Waals surface area contributed by atoms with Crippen LogP contribution >= 0.6 is 0 Å². The van der Waals surface area contributed by atoms with Crippen LogP contribution in [0.3, 0.4) is 0 Å². The van der Waals surface area contributed by atoms with Crippen LogP contribution in [-0.4, -0.2) is 28.0 Å². The van der Waals surface area contributed by atoms with Gasteiger partial charge in [-0.3, -0.25) is 0 Å². The van der Waals surface area contributed by atoms with Crippen molar-refractivity contribution >= 4 is 11.9 Å². The van der Waals surface area contributed by atoms with E-state index in [0.29, 0.717) is 17.9 Å². The van der Waals surface area contributed by atoms with Crippen molar-refractivity contribution in [1.29, 1.82) is 0 Å². The van der Waals surface area contributed by atoms with Crippen molar-refractivity contribution in [1.82, 2.24) is 15.0 Å². The normalized spacial score (nSPS) is 21.3. The monoisotopic (exact) mass is 233 g/mol. The molecular formula is C12H19N5. The van der Waals surface area contributed by atoms with E-state index in [1.807, 2.05) is 0 Å². The van der Waals surface area contributed by atoms with Crippen LogP contribution in [0.4, 0.5) is 11.9 Å². The van der Waals surface area contributed by atoms with E-state index in [-0.39, 0.29) is 0 Å². The van der Waals surface area contributed by atoms with Crippen molar-refractivity contribution in [3.05, 3.63) is 5.82 Å². The maximum atomic E-state index is 5.77. The summed E-state index contributed by atoms with van der Waals surface area (Å²) in [6.07, 6.45) is 5.01. The van der Waals surface area contributed by atoms with Gasteiger partial charge in [-0.1, -0.05) is 0 Å². The molecule has 3 rings (SSSR count). The van der Waals surface area contributed by atoms with Gasteiger partial charge in [0.15, 0.2) is 0 Å². The average molecular weight is 233 g/mol. The highest BCUT2D eigenvalue weighted by Gasteiger charge is 2.33. The first-order valence-electron chi connectivity index (χ1n) is 6.39. The van der Waals surface area contributed by atoms with E-state index in [1.54, 1.807) is 0 Å². The largest absolute Gasteiger partial charge is 0.368 e. The van der Waals surface area contributed by atoms with E-state index in [9.17, 15) is 0 Å². The smallest absolute Gasteiger partial charge is 0.230 e. The maximum absolute atomic E-state index is 5.77. The fourth-order valence-electron chi connectivity index (χ4n) is 2.16. The van der Waals surface area contributed by atoms with Gasteiger partial charge >= 0.3 is 0 Å². The summed E-state index contributed by atoms with van der Waals surface area (Å²) in [5.74, 6) is 3.28. The number of nitrogen functional groups attached to an aromatic ring is 1. The third-order valence-electron chi connectivity index (χ3n) is 3.83. The number of hydrogen-bond acceptors (Lipinski definition) is 5.